The van der Waals surface area contributed by atoms with Crippen LogP contribution in [-0.4, -0.2) is 28.0 Å². The molecule has 17 heavy (non-hydrogen) atoms. The Morgan fingerprint density at radius 3 is 2.76 bits per heavy atom. The molecule has 0 bridgehead atoms. The zero-order valence-electron chi connectivity index (χ0n) is 10.7. The summed E-state index contributed by atoms with van der Waals surface area (Å²) >= 11 is 6.89. The maximum absolute atomic E-state index is 5.76. The van der Waals surface area contributed by atoms with Crippen LogP contribution in [-0.2, 0) is 0 Å². The van der Waals surface area contributed by atoms with Crippen molar-refractivity contribution in [1.29, 1.82) is 0 Å². The van der Waals surface area contributed by atoms with Crippen LogP contribution in [0, 0.1) is 13.8 Å². The third-order valence-corrected chi connectivity index (χ3v) is 3.43. The summed E-state index contributed by atoms with van der Waals surface area (Å²) in [7, 11) is 0. The van der Waals surface area contributed by atoms with Crippen LogP contribution in [0.25, 0.3) is 0 Å². The molecule has 0 aromatic carbocycles. The van der Waals surface area contributed by atoms with Gasteiger partial charge in [-0.2, -0.15) is 11.8 Å². The zero-order chi connectivity index (χ0) is 13.0. The summed E-state index contributed by atoms with van der Waals surface area (Å²) in [4.78, 5) is 4.89. The van der Waals surface area contributed by atoms with Crippen molar-refractivity contribution in [1.82, 2.24) is 4.98 Å². The minimum Gasteiger partial charge on any atom is -0.389 e. The van der Waals surface area contributed by atoms with Gasteiger partial charge in [-0.3, -0.25) is 0 Å². The first kappa shape index (κ1) is 14.3. The average molecular weight is 269 g/mol. The molecule has 0 saturated heterocycles. The molecular weight excluding hydrogens is 250 g/mol. The number of rotatable bonds is 5. The molecule has 3 nitrogen and oxygen atoms in total. The number of hydrogen-bond donors (Lipinski definition) is 2. The molecule has 1 aromatic heterocycles. The molecule has 0 fully saturated rings. The molecule has 0 radical (unpaired) electrons. The fraction of sp³-hybridized carbons (Fsp3) is 0.500. The van der Waals surface area contributed by atoms with E-state index in [0.29, 0.717) is 11.0 Å². The van der Waals surface area contributed by atoms with Gasteiger partial charge in [-0.25, -0.2) is 4.98 Å². The van der Waals surface area contributed by atoms with Crippen molar-refractivity contribution in [2.75, 3.05) is 17.3 Å². The molecule has 3 N–H and O–H groups in total. The second kappa shape index (κ2) is 6.21. The van der Waals surface area contributed by atoms with E-state index in [9.17, 15) is 0 Å². The molecule has 1 unspecified atom stereocenters. The number of thioether (sulfide) groups is 1. The van der Waals surface area contributed by atoms with E-state index in [1.54, 1.807) is 11.8 Å². The van der Waals surface area contributed by atoms with Crippen molar-refractivity contribution in [2.45, 2.75) is 26.8 Å². The monoisotopic (exact) mass is 269 g/mol. The van der Waals surface area contributed by atoms with Crippen LogP contribution in [0.1, 0.15) is 23.7 Å². The number of anilines is 1. The Morgan fingerprint density at radius 1 is 1.59 bits per heavy atom. The van der Waals surface area contributed by atoms with E-state index in [2.05, 4.69) is 23.5 Å². The summed E-state index contributed by atoms with van der Waals surface area (Å²) in [5.74, 6) is 1.82. The summed E-state index contributed by atoms with van der Waals surface area (Å²) in [5, 5.41) is 3.37. The lowest BCUT2D eigenvalue weighted by Crippen LogP contribution is -2.23. The summed E-state index contributed by atoms with van der Waals surface area (Å²) in [6, 6.07) is 2.34. The van der Waals surface area contributed by atoms with Gasteiger partial charge in [0.15, 0.2) is 0 Å². The zero-order valence-corrected chi connectivity index (χ0v) is 12.3. The number of nitrogens with one attached hydrogen (secondary N) is 1. The molecule has 0 saturated carbocycles. The molecule has 0 aliphatic heterocycles. The van der Waals surface area contributed by atoms with Crippen LogP contribution in [0.3, 0.4) is 0 Å². The lowest BCUT2D eigenvalue weighted by molar-refractivity contribution is 0.898. The Labute approximate surface area is 113 Å². The lowest BCUT2D eigenvalue weighted by atomic mass is 10.1. The predicted octanol–water partition coefficient (Wildman–Crippen LogP) is 2.50. The van der Waals surface area contributed by atoms with E-state index in [4.69, 9.17) is 18.0 Å². The quantitative estimate of drug-likeness (QED) is 0.804. The van der Waals surface area contributed by atoms with Crippen molar-refractivity contribution in [2.24, 2.45) is 5.73 Å². The molecule has 1 rings (SSSR count). The number of thiocarbonyl (C=S) groups is 1. The molecule has 5 heteroatoms. The molecule has 0 amide bonds. The van der Waals surface area contributed by atoms with Crippen molar-refractivity contribution in [3.05, 3.63) is 22.9 Å². The number of pyridine rings is 1. The topological polar surface area (TPSA) is 50.9 Å². The van der Waals surface area contributed by atoms with Gasteiger partial charge < -0.3 is 11.1 Å². The van der Waals surface area contributed by atoms with Crippen LogP contribution in [0.5, 0.6) is 0 Å². The summed E-state index contributed by atoms with van der Waals surface area (Å²) in [6.07, 6.45) is 2.08. The average Bonchev–Trinajstić information content (AvgIpc) is 2.15. The highest BCUT2D eigenvalue weighted by molar-refractivity contribution is 7.98. The van der Waals surface area contributed by atoms with Gasteiger partial charge in [0.05, 0.1) is 5.56 Å². The molecular formula is C12H19N3S2. The molecule has 0 aliphatic rings. The smallest absolute Gasteiger partial charge is 0.137 e. The van der Waals surface area contributed by atoms with E-state index < -0.39 is 0 Å². The van der Waals surface area contributed by atoms with E-state index in [1.807, 2.05) is 19.9 Å². The SMILES string of the molecule is CSCC(C)Nc1nc(C)cc(C)c1C(N)=S. The Morgan fingerprint density at radius 2 is 2.24 bits per heavy atom. The Hall–Kier alpha value is -0.810. The highest BCUT2D eigenvalue weighted by Crippen LogP contribution is 2.19. The third kappa shape index (κ3) is 3.85. The normalized spacial score (nSPS) is 12.2. The van der Waals surface area contributed by atoms with Gasteiger partial charge in [0, 0.05) is 17.5 Å². The second-order valence-electron chi connectivity index (χ2n) is 4.17. The third-order valence-electron chi connectivity index (χ3n) is 2.39. The number of aryl methyl sites for hydroxylation is 2. The van der Waals surface area contributed by atoms with Crippen molar-refractivity contribution in [3.63, 3.8) is 0 Å². The van der Waals surface area contributed by atoms with E-state index in [-0.39, 0.29) is 0 Å². The first-order chi connectivity index (χ1) is 7.95. The largest absolute Gasteiger partial charge is 0.389 e. The van der Waals surface area contributed by atoms with E-state index in [0.717, 1.165) is 28.4 Å². The second-order valence-corrected chi connectivity index (χ2v) is 5.52. The van der Waals surface area contributed by atoms with Gasteiger partial charge in [-0.1, -0.05) is 12.2 Å². The first-order valence-corrected chi connectivity index (χ1v) is 7.29. The van der Waals surface area contributed by atoms with Gasteiger partial charge in [-0.15, -0.1) is 0 Å². The molecule has 1 atom stereocenters. The van der Waals surface area contributed by atoms with E-state index >= 15 is 0 Å². The van der Waals surface area contributed by atoms with Crippen molar-refractivity contribution in [3.8, 4) is 0 Å². The number of hydrogen-bond acceptors (Lipinski definition) is 4. The van der Waals surface area contributed by atoms with Gasteiger partial charge in [-0.05, 0) is 38.7 Å². The lowest BCUT2D eigenvalue weighted by Gasteiger charge is -2.18. The Balaban J connectivity index is 3.08. The molecule has 0 spiro atoms. The standard InChI is InChI=1S/C12H19N3S2/c1-7-5-8(2)14-12(10(7)11(13)16)15-9(3)6-17-4/h5,9H,6H2,1-4H3,(H2,13,16)(H,14,15). The minimum absolute atomic E-state index is 0.340. The highest BCUT2D eigenvalue weighted by Gasteiger charge is 2.13. The predicted molar refractivity (Wildman–Crippen MR) is 81.1 cm³/mol. The van der Waals surface area contributed by atoms with Crippen molar-refractivity contribution >= 4 is 34.8 Å². The molecule has 0 aliphatic carbocycles. The summed E-state index contributed by atoms with van der Waals surface area (Å²) < 4.78 is 0. The molecule has 94 valence electrons. The van der Waals surface area contributed by atoms with Crippen LogP contribution in [0.2, 0.25) is 0 Å². The number of aromatic nitrogens is 1. The van der Waals surface area contributed by atoms with Crippen LogP contribution < -0.4 is 11.1 Å². The first-order valence-electron chi connectivity index (χ1n) is 5.49. The van der Waals surface area contributed by atoms with Crippen LogP contribution in [0.4, 0.5) is 5.82 Å². The minimum atomic E-state index is 0.340. The Bertz CT molecular complexity index is 418. The van der Waals surface area contributed by atoms with Gasteiger partial charge in [0.2, 0.25) is 0 Å². The molecule has 1 heterocycles. The molecule has 1 aromatic rings. The maximum atomic E-state index is 5.76. The summed E-state index contributed by atoms with van der Waals surface area (Å²) in [6.45, 7) is 6.10. The van der Waals surface area contributed by atoms with Crippen molar-refractivity contribution < 1.29 is 0 Å². The maximum Gasteiger partial charge on any atom is 0.137 e. The van der Waals surface area contributed by atoms with Gasteiger partial charge in [0.1, 0.15) is 10.8 Å². The fourth-order valence-electron chi connectivity index (χ4n) is 1.78. The van der Waals surface area contributed by atoms with Crippen LogP contribution >= 0.6 is 24.0 Å². The van der Waals surface area contributed by atoms with Crippen LogP contribution in [0.15, 0.2) is 6.07 Å². The van der Waals surface area contributed by atoms with Gasteiger partial charge >= 0.3 is 0 Å². The summed E-state index contributed by atoms with van der Waals surface area (Å²) in [5.41, 5.74) is 8.67. The fourth-order valence-corrected chi connectivity index (χ4v) is 2.62. The Kier molecular flexibility index (Phi) is 5.21. The highest BCUT2D eigenvalue weighted by atomic mass is 32.2. The number of nitrogens with zero attached hydrogens (tertiary/aromatic N) is 1. The number of nitrogens with two attached hydrogens (primary N) is 1. The van der Waals surface area contributed by atoms with Gasteiger partial charge in [0.25, 0.3) is 0 Å². The van der Waals surface area contributed by atoms with E-state index in [1.165, 1.54) is 0 Å².